The highest BCUT2D eigenvalue weighted by Gasteiger charge is 2.15. The summed E-state index contributed by atoms with van der Waals surface area (Å²) in [6.45, 7) is 0. The average molecular weight is 340 g/mol. The highest BCUT2D eigenvalue weighted by molar-refractivity contribution is 9.10. The molecular formula is C14H8BrClO3. The van der Waals surface area contributed by atoms with Gasteiger partial charge in [-0.15, -0.1) is 0 Å². The number of ether oxygens (including phenoxy) is 1. The monoisotopic (exact) mass is 338 g/mol. The van der Waals surface area contributed by atoms with Crippen LogP contribution in [0.25, 0.3) is 22.3 Å². The molecule has 0 radical (unpaired) electrons. The molecule has 1 aliphatic carbocycles. The molecule has 0 saturated carbocycles. The molecule has 0 unspecified atom stereocenters. The second-order valence-electron chi connectivity index (χ2n) is 4.05. The number of hydrogen-bond donors (Lipinski definition) is 0. The maximum atomic E-state index is 12.0. The molecule has 3 rings (SSSR count). The molecule has 3 nitrogen and oxygen atoms in total. The van der Waals surface area contributed by atoms with E-state index >= 15 is 0 Å². The highest BCUT2D eigenvalue weighted by Crippen LogP contribution is 2.36. The van der Waals surface area contributed by atoms with E-state index in [9.17, 15) is 4.79 Å². The first-order valence-corrected chi connectivity index (χ1v) is 6.67. The zero-order valence-corrected chi connectivity index (χ0v) is 12.2. The Morgan fingerprint density at radius 2 is 2.05 bits per heavy atom. The van der Waals surface area contributed by atoms with Crippen molar-refractivity contribution in [3.8, 4) is 17.1 Å². The van der Waals surface area contributed by atoms with Crippen LogP contribution in [0.1, 0.15) is 0 Å². The van der Waals surface area contributed by atoms with Gasteiger partial charge in [0.25, 0.3) is 0 Å². The van der Waals surface area contributed by atoms with Crippen LogP contribution < -0.4 is 10.2 Å². The van der Waals surface area contributed by atoms with Crippen molar-refractivity contribution < 1.29 is 9.15 Å². The second kappa shape index (κ2) is 4.54. The number of fused-ring (bicyclic) bond motifs is 2. The third kappa shape index (κ3) is 2.01. The first-order chi connectivity index (χ1) is 9.10. The number of methoxy groups -OCH3 is 1. The van der Waals surface area contributed by atoms with Gasteiger partial charge in [0.2, 0.25) is 0 Å². The lowest BCUT2D eigenvalue weighted by Crippen LogP contribution is -2.04. The van der Waals surface area contributed by atoms with E-state index in [1.165, 1.54) is 6.07 Å². The summed E-state index contributed by atoms with van der Waals surface area (Å²) in [6, 6.07) is 8.43. The van der Waals surface area contributed by atoms with Crippen molar-refractivity contribution in [2.75, 3.05) is 7.11 Å². The summed E-state index contributed by atoms with van der Waals surface area (Å²) in [5.74, 6) is 1.11. The van der Waals surface area contributed by atoms with Gasteiger partial charge in [0, 0.05) is 10.5 Å². The fraction of sp³-hybridized carbons (Fsp3) is 0.0714. The van der Waals surface area contributed by atoms with E-state index in [1.54, 1.807) is 31.4 Å². The van der Waals surface area contributed by atoms with E-state index in [-0.39, 0.29) is 5.43 Å². The molecule has 19 heavy (non-hydrogen) atoms. The van der Waals surface area contributed by atoms with Crippen molar-refractivity contribution in [1.29, 1.82) is 0 Å². The topological polar surface area (TPSA) is 39.4 Å². The van der Waals surface area contributed by atoms with Crippen LogP contribution in [-0.4, -0.2) is 7.11 Å². The van der Waals surface area contributed by atoms with Crippen LogP contribution in [0.4, 0.5) is 0 Å². The van der Waals surface area contributed by atoms with Gasteiger partial charge >= 0.3 is 0 Å². The molecule has 1 aromatic rings. The first kappa shape index (κ1) is 12.5. The lowest BCUT2D eigenvalue weighted by molar-refractivity contribution is 0.419. The van der Waals surface area contributed by atoms with E-state index < -0.39 is 0 Å². The van der Waals surface area contributed by atoms with Crippen molar-refractivity contribution in [1.82, 2.24) is 0 Å². The first-order valence-electron chi connectivity index (χ1n) is 5.50. The fourth-order valence-corrected chi connectivity index (χ4v) is 2.64. The maximum Gasteiger partial charge on any atom is 0.190 e. The van der Waals surface area contributed by atoms with E-state index in [2.05, 4.69) is 15.9 Å². The highest BCUT2D eigenvalue weighted by atomic mass is 79.9. The van der Waals surface area contributed by atoms with Crippen LogP contribution >= 0.6 is 27.5 Å². The summed E-state index contributed by atoms with van der Waals surface area (Å²) in [7, 11) is 1.56. The molecule has 0 bridgehead atoms. The molecule has 0 amide bonds. The van der Waals surface area contributed by atoms with Gasteiger partial charge in [0.05, 0.1) is 23.1 Å². The third-order valence-corrected chi connectivity index (χ3v) is 3.65. The van der Waals surface area contributed by atoms with Gasteiger partial charge in [0.15, 0.2) is 11.0 Å². The molecule has 1 heterocycles. The zero-order valence-electron chi connectivity index (χ0n) is 9.87. The zero-order chi connectivity index (χ0) is 13.6. The molecule has 96 valence electrons. The Bertz CT molecular complexity index is 810. The van der Waals surface area contributed by atoms with Crippen LogP contribution in [0, 0.1) is 0 Å². The smallest absolute Gasteiger partial charge is 0.190 e. The summed E-state index contributed by atoms with van der Waals surface area (Å²) >= 11 is 9.40. The Labute approximate surface area is 122 Å². The van der Waals surface area contributed by atoms with Crippen molar-refractivity contribution in [3.63, 3.8) is 0 Å². The van der Waals surface area contributed by atoms with Crippen molar-refractivity contribution >= 4 is 38.5 Å². The number of benzene rings is 2. The Morgan fingerprint density at radius 3 is 2.79 bits per heavy atom. The second-order valence-corrected chi connectivity index (χ2v) is 5.38. The van der Waals surface area contributed by atoms with E-state index in [0.717, 1.165) is 0 Å². The van der Waals surface area contributed by atoms with Gasteiger partial charge in [-0.2, -0.15) is 0 Å². The minimum absolute atomic E-state index is 0.114. The van der Waals surface area contributed by atoms with Crippen LogP contribution in [0.2, 0.25) is 5.02 Å². The van der Waals surface area contributed by atoms with Gasteiger partial charge in [-0.05, 0) is 24.3 Å². The SMILES string of the molecule is COc1ccc(Cl)c2oc3cc(Br)cc(=O)c-3cc12. The van der Waals surface area contributed by atoms with Gasteiger partial charge in [-0.3, -0.25) is 4.79 Å². The molecule has 2 aliphatic rings. The number of halogens is 2. The predicted molar refractivity (Wildman–Crippen MR) is 78.4 cm³/mol. The van der Waals surface area contributed by atoms with Gasteiger partial charge in [-0.1, -0.05) is 27.5 Å². The molecule has 0 aromatic heterocycles. The summed E-state index contributed by atoms with van der Waals surface area (Å²) in [5, 5.41) is 1.16. The average Bonchev–Trinajstić information content (AvgIpc) is 2.38. The lowest BCUT2D eigenvalue weighted by Gasteiger charge is -2.10. The largest absolute Gasteiger partial charge is 0.496 e. The maximum absolute atomic E-state index is 12.0. The molecular weight excluding hydrogens is 332 g/mol. The summed E-state index contributed by atoms with van der Waals surface area (Å²) in [6.07, 6.45) is 0. The van der Waals surface area contributed by atoms with Crippen LogP contribution in [0.15, 0.2) is 44.0 Å². The molecule has 0 spiro atoms. The van der Waals surface area contributed by atoms with Crippen LogP contribution in [0.3, 0.4) is 0 Å². The third-order valence-electron chi connectivity index (χ3n) is 2.90. The molecule has 1 aromatic carbocycles. The molecule has 0 N–H and O–H groups in total. The Kier molecular flexibility index (Phi) is 2.99. The molecule has 5 heteroatoms. The number of rotatable bonds is 1. The Balaban J connectivity index is 2.53. The predicted octanol–water partition coefficient (Wildman–Crippen LogP) is 4.32. The standard InChI is InChI=1S/C14H8BrClO3/c1-18-12-3-2-10(16)14-9(12)6-8-11(17)4-7(15)5-13(8)19-14/h2-6H,1H3. The van der Waals surface area contributed by atoms with E-state index in [1.807, 2.05) is 0 Å². The van der Waals surface area contributed by atoms with Crippen LogP contribution in [-0.2, 0) is 0 Å². The lowest BCUT2D eigenvalue weighted by atomic mass is 10.1. The number of hydrogen-bond acceptors (Lipinski definition) is 3. The fourth-order valence-electron chi connectivity index (χ4n) is 2.02. The van der Waals surface area contributed by atoms with Gasteiger partial charge < -0.3 is 9.15 Å². The van der Waals surface area contributed by atoms with Crippen molar-refractivity contribution in [2.45, 2.75) is 0 Å². The van der Waals surface area contributed by atoms with Crippen LogP contribution in [0.5, 0.6) is 5.75 Å². The van der Waals surface area contributed by atoms with E-state index in [4.69, 9.17) is 20.8 Å². The molecule has 0 saturated heterocycles. The minimum Gasteiger partial charge on any atom is -0.496 e. The Hall–Kier alpha value is -1.52. The van der Waals surface area contributed by atoms with Crippen molar-refractivity contribution in [2.24, 2.45) is 0 Å². The summed E-state index contributed by atoms with van der Waals surface area (Å²) in [4.78, 5) is 12.0. The molecule has 0 atom stereocenters. The van der Waals surface area contributed by atoms with Crippen molar-refractivity contribution in [3.05, 3.63) is 50.1 Å². The van der Waals surface area contributed by atoms with Gasteiger partial charge in [-0.25, -0.2) is 0 Å². The van der Waals surface area contributed by atoms with Gasteiger partial charge in [0.1, 0.15) is 11.5 Å². The minimum atomic E-state index is -0.114. The summed E-state index contributed by atoms with van der Waals surface area (Å²) in [5.41, 5.74) is 0.888. The van der Waals surface area contributed by atoms with E-state index in [0.29, 0.717) is 37.5 Å². The quantitative estimate of drug-likeness (QED) is 0.620. The molecule has 1 aliphatic heterocycles. The summed E-state index contributed by atoms with van der Waals surface area (Å²) < 4.78 is 11.7. The molecule has 0 fully saturated rings. The Morgan fingerprint density at radius 1 is 1.26 bits per heavy atom. The normalized spacial score (nSPS) is 11.1.